The average Bonchev–Trinajstić information content (AvgIpc) is 3.11. The van der Waals surface area contributed by atoms with E-state index in [1.165, 1.54) is 10.7 Å². The SMILES string of the molecule is Cn1ccc(NC(=O)c2cc3nc(C(F)F)cc(C(F)F)n3n2)n1. The molecule has 24 heavy (non-hydrogen) atoms. The van der Waals surface area contributed by atoms with Gasteiger partial charge in [0, 0.05) is 25.4 Å². The van der Waals surface area contributed by atoms with Gasteiger partial charge in [-0.2, -0.15) is 10.2 Å². The molecule has 0 fully saturated rings. The highest BCUT2D eigenvalue weighted by Gasteiger charge is 2.22. The van der Waals surface area contributed by atoms with Crippen molar-refractivity contribution in [2.45, 2.75) is 12.9 Å². The lowest BCUT2D eigenvalue weighted by Gasteiger charge is -2.06. The zero-order chi connectivity index (χ0) is 17.4. The molecule has 0 radical (unpaired) electrons. The third-order valence-corrected chi connectivity index (χ3v) is 3.11. The predicted octanol–water partition coefficient (Wildman–Crippen LogP) is 2.59. The van der Waals surface area contributed by atoms with Gasteiger partial charge in [0.1, 0.15) is 11.4 Å². The molecule has 0 aromatic carbocycles. The normalized spacial score (nSPS) is 11.6. The van der Waals surface area contributed by atoms with Crippen molar-refractivity contribution in [2.75, 3.05) is 5.32 Å². The summed E-state index contributed by atoms with van der Waals surface area (Å²) in [7, 11) is 1.64. The van der Waals surface area contributed by atoms with Crippen LogP contribution in [0.15, 0.2) is 24.4 Å². The Morgan fingerprint density at radius 2 is 1.92 bits per heavy atom. The van der Waals surface area contributed by atoms with Gasteiger partial charge >= 0.3 is 0 Å². The van der Waals surface area contributed by atoms with E-state index in [0.29, 0.717) is 10.6 Å². The monoisotopic (exact) mass is 342 g/mol. The van der Waals surface area contributed by atoms with E-state index in [-0.39, 0.29) is 17.2 Å². The van der Waals surface area contributed by atoms with Crippen molar-refractivity contribution in [3.8, 4) is 0 Å². The van der Waals surface area contributed by atoms with E-state index in [9.17, 15) is 22.4 Å². The molecule has 3 heterocycles. The van der Waals surface area contributed by atoms with Gasteiger partial charge in [-0.05, 0) is 6.07 Å². The first kappa shape index (κ1) is 15.9. The average molecular weight is 342 g/mol. The lowest BCUT2D eigenvalue weighted by molar-refractivity contribution is 0.102. The van der Waals surface area contributed by atoms with Gasteiger partial charge in [-0.1, -0.05) is 0 Å². The number of hydrogen-bond donors (Lipinski definition) is 1. The Balaban J connectivity index is 2.00. The minimum Gasteiger partial charge on any atom is -0.304 e. The van der Waals surface area contributed by atoms with Crippen molar-refractivity contribution in [1.82, 2.24) is 24.4 Å². The number of anilines is 1. The van der Waals surface area contributed by atoms with Crippen LogP contribution in [0.1, 0.15) is 34.7 Å². The lowest BCUT2D eigenvalue weighted by atomic mass is 10.3. The number of carbonyl (C=O) groups excluding carboxylic acids is 1. The summed E-state index contributed by atoms with van der Waals surface area (Å²) in [6.45, 7) is 0. The maximum atomic E-state index is 13.1. The number of nitrogens with zero attached hydrogens (tertiary/aromatic N) is 5. The topological polar surface area (TPSA) is 77.1 Å². The lowest BCUT2D eigenvalue weighted by Crippen LogP contribution is -2.13. The van der Waals surface area contributed by atoms with Crippen LogP contribution in [0.5, 0.6) is 0 Å². The molecule has 0 unspecified atom stereocenters. The number of aromatic nitrogens is 5. The summed E-state index contributed by atoms with van der Waals surface area (Å²) < 4.78 is 53.8. The van der Waals surface area contributed by atoms with Crippen LogP contribution in [0.3, 0.4) is 0 Å². The fourth-order valence-corrected chi connectivity index (χ4v) is 2.06. The minimum absolute atomic E-state index is 0.231. The largest absolute Gasteiger partial charge is 0.304 e. The quantitative estimate of drug-likeness (QED) is 0.740. The molecule has 0 bridgehead atoms. The molecule has 7 nitrogen and oxygen atoms in total. The second kappa shape index (κ2) is 5.91. The van der Waals surface area contributed by atoms with Gasteiger partial charge in [0.05, 0.1) is 0 Å². The number of carbonyl (C=O) groups is 1. The first-order valence-corrected chi connectivity index (χ1v) is 6.63. The predicted molar refractivity (Wildman–Crippen MR) is 74.1 cm³/mol. The van der Waals surface area contributed by atoms with Crippen molar-refractivity contribution >= 4 is 17.4 Å². The molecule has 1 amide bonds. The highest BCUT2D eigenvalue weighted by Crippen LogP contribution is 2.25. The number of fused-ring (bicyclic) bond motifs is 1. The van der Waals surface area contributed by atoms with Crippen LogP contribution in [-0.2, 0) is 7.05 Å². The molecular weight excluding hydrogens is 332 g/mol. The number of rotatable bonds is 4. The van der Waals surface area contributed by atoms with Gasteiger partial charge in [-0.15, -0.1) is 0 Å². The number of alkyl halides is 4. The van der Waals surface area contributed by atoms with Crippen LogP contribution in [-0.4, -0.2) is 30.3 Å². The molecule has 0 aliphatic rings. The number of amides is 1. The second-order valence-corrected chi connectivity index (χ2v) is 4.84. The molecule has 3 rings (SSSR count). The summed E-state index contributed by atoms with van der Waals surface area (Å²) in [5, 5.41) is 10.1. The molecule has 3 aromatic rings. The molecule has 0 aliphatic carbocycles. The molecule has 0 spiro atoms. The Hall–Kier alpha value is -2.98. The van der Waals surface area contributed by atoms with Gasteiger partial charge in [0.15, 0.2) is 17.2 Å². The van der Waals surface area contributed by atoms with Crippen LogP contribution < -0.4 is 5.32 Å². The number of aryl methyl sites for hydroxylation is 1. The van der Waals surface area contributed by atoms with Crippen molar-refractivity contribution in [3.05, 3.63) is 41.5 Å². The first-order chi connectivity index (χ1) is 11.3. The van der Waals surface area contributed by atoms with Crippen molar-refractivity contribution in [3.63, 3.8) is 0 Å². The Morgan fingerprint density at radius 1 is 1.17 bits per heavy atom. The van der Waals surface area contributed by atoms with E-state index in [1.807, 2.05) is 0 Å². The van der Waals surface area contributed by atoms with Crippen LogP contribution >= 0.6 is 0 Å². The van der Waals surface area contributed by atoms with Crippen LogP contribution in [0.2, 0.25) is 0 Å². The molecule has 0 atom stereocenters. The molecular formula is C13H10F4N6O. The van der Waals surface area contributed by atoms with Crippen LogP contribution in [0, 0.1) is 0 Å². The summed E-state index contributed by atoms with van der Waals surface area (Å²) >= 11 is 0. The molecule has 0 saturated heterocycles. The molecule has 3 aromatic heterocycles. The highest BCUT2D eigenvalue weighted by atomic mass is 19.3. The summed E-state index contributed by atoms with van der Waals surface area (Å²) in [4.78, 5) is 15.6. The molecule has 0 saturated carbocycles. The number of halogens is 4. The summed E-state index contributed by atoms with van der Waals surface area (Å²) in [5.41, 5.74) is -2.10. The van der Waals surface area contributed by atoms with Gasteiger partial charge in [-0.3, -0.25) is 9.48 Å². The number of hydrogen-bond acceptors (Lipinski definition) is 4. The third kappa shape index (κ3) is 2.92. The minimum atomic E-state index is -3.06. The van der Waals surface area contributed by atoms with E-state index >= 15 is 0 Å². The maximum Gasteiger partial charge on any atom is 0.280 e. The van der Waals surface area contributed by atoms with Gasteiger partial charge in [0.2, 0.25) is 0 Å². The zero-order valence-electron chi connectivity index (χ0n) is 12.1. The highest BCUT2D eigenvalue weighted by molar-refractivity contribution is 6.02. The third-order valence-electron chi connectivity index (χ3n) is 3.11. The Bertz CT molecular complexity index is 903. The Kier molecular flexibility index (Phi) is 3.91. The van der Waals surface area contributed by atoms with E-state index in [4.69, 9.17) is 0 Å². The second-order valence-electron chi connectivity index (χ2n) is 4.84. The molecule has 0 aliphatic heterocycles. The molecule has 126 valence electrons. The first-order valence-electron chi connectivity index (χ1n) is 6.63. The van der Waals surface area contributed by atoms with Crippen LogP contribution in [0.4, 0.5) is 23.4 Å². The zero-order valence-corrected chi connectivity index (χ0v) is 12.1. The van der Waals surface area contributed by atoms with Crippen LogP contribution in [0.25, 0.3) is 5.65 Å². The van der Waals surface area contributed by atoms with E-state index in [2.05, 4.69) is 20.5 Å². The van der Waals surface area contributed by atoms with Crippen molar-refractivity contribution in [1.29, 1.82) is 0 Å². The van der Waals surface area contributed by atoms with E-state index in [0.717, 1.165) is 6.07 Å². The summed E-state index contributed by atoms with van der Waals surface area (Å²) in [6, 6.07) is 3.14. The van der Waals surface area contributed by atoms with Crippen molar-refractivity contribution < 1.29 is 22.4 Å². The molecule has 11 heteroatoms. The Labute approximate surface area is 131 Å². The summed E-state index contributed by atoms with van der Waals surface area (Å²) in [6.07, 6.45) is -4.49. The standard InChI is InChI=1S/C13H10F4N6O/c1-22-3-2-9(21-22)19-13(24)7-5-10-18-6(11(14)15)4-8(12(16)17)23(10)20-7/h2-5,11-12H,1H3,(H,19,21,24). The fourth-order valence-electron chi connectivity index (χ4n) is 2.06. The maximum absolute atomic E-state index is 13.1. The molecule has 1 N–H and O–H groups in total. The van der Waals surface area contributed by atoms with Gasteiger partial charge in [-0.25, -0.2) is 27.1 Å². The van der Waals surface area contributed by atoms with Crippen molar-refractivity contribution in [2.24, 2.45) is 7.05 Å². The van der Waals surface area contributed by atoms with E-state index < -0.39 is 30.1 Å². The smallest absolute Gasteiger partial charge is 0.280 e. The summed E-state index contributed by atoms with van der Waals surface area (Å²) in [5.74, 6) is -0.493. The van der Waals surface area contributed by atoms with Gasteiger partial charge < -0.3 is 5.32 Å². The van der Waals surface area contributed by atoms with Gasteiger partial charge in [0.25, 0.3) is 18.8 Å². The Morgan fingerprint density at radius 3 is 2.50 bits per heavy atom. The number of nitrogens with one attached hydrogen (secondary N) is 1. The van der Waals surface area contributed by atoms with E-state index in [1.54, 1.807) is 13.2 Å². The fraction of sp³-hybridized carbons (Fsp3) is 0.231.